The molecule has 0 atom stereocenters. The van der Waals surface area contributed by atoms with E-state index in [2.05, 4.69) is 0 Å². The van der Waals surface area contributed by atoms with Crippen LogP contribution < -0.4 is 0 Å². The lowest BCUT2D eigenvalue weighted by atomic mass is 10.5. The van der Waals surface area contributed by atoms with Gasteiger partial charge in [0.1, 0.15) is 6.67 Å². The molecule has 0 aliphatic heterocycles. The van der Waals surface area contributed by atoms with Crippen LogP contribution in [0.4, 0.5) is 4.39 Å². The maximum absolute atomic E-state index is 11.6. The molecule has 0 bridgehead atoms. The highest BCUT2D eigenvalue weighted by atomic mass is 19.1. The summed E-state index contributed by atoms with van der Waals surface area (Å²) < 4.78 is 11.6. The van der Waals surface area contributed by atoms with Gasteiger partial charge in [-0.05, 0) is 6.54 Å². The first-order valence-electron chi connectivity index (χ1n) is 3.20. The van der Waals surface area contributed by atoms with E-state index in [4.69, 9.17) is 5.11 Å². The van der Waals surface area contributed by atoms with Gasteiger partial charge < -0.3 is 5.11 Å². The number of carbonyl (C=O) groups is 1. The number of rotatable bonds is 5. The summed E-state index contributed by atoms with van der Waals surface area (Å²) in [6.07, 6.45) is 0. The van der Waals surface area contributed by atoms with Crippen molar-refractivity contribution in [2.45, 2.75) is 6.92 Å². The molecular formula is C6H12FNO2. The van der Waals surface area contributed by atoms with Gasteiger partial charge in [0.05, 0.1) is 6.54 Å². The molecule has 0 saturated carbocycles. The molecule has 0 radical (unpaired) electrons. The summed E-state index contributed by atoms with van der Waals surface area (Å²) in [5, 5.41) is 8.28. The quantitative estimate of drug-likeness (QED) is 0.613. The fraction of sp³-hybridized carbons (Fsp3) is 0.833. The van der Waals surface area contributed by atoms with Crippen molar-refractivity contribution in [2.24, 2.45) is 0 Å². The van der Waals surface area contributed by atoms with Crippen LogP contribution in [0.2, 0.25) is 0 Å². The van der Waals surface area contributed by atoms with Gasteiger partial charge in [0, 0.05) is 6.54 Å². The number of carboxylic acid groups (broad SMARTS) is 1. The van der Waals surface area contributed by atoms with Crippen molar-refractivity contribution in [1.29, 1.82) is 0 Å². The van der Waals surface area contributed by atoms with Crippen molar-refractivity contribution >= 4 is 5.97 Å². The van der Waals surface area contributed by atoms with E-state index in [1.54, 1.807) is 6.92 Å². The molecule has 60 valence electrons. The molecule has 4 heteroatoms. The molecule has 0 aromatic carbocycles. The first-order valence-corrected chi connectivity index (χ1v) is 3.20. The van der Waals surface area contributed by atoms with Crippen molar-refractivity contribution in [1.82, 2.24) is 4.90 Å². The Bertz CT molecular complexity index is 108. The molecule has 0 heterocycles. The topological polar surface area (TPSA) is 40.5 Å². The molecule has 3 nitrogen and oxygen atoms in total. The van der Waals surface area contributed by atoms with Crippen molar-refractivity contribution in [3.05, 3.63) is 0 Å². The minimum absolute atomic E-state index is 0.0690. The van der Waals surface area contributed by atoms with Crippen LogP contribution in [0.25, 0.3) is 0 Å². The molecule has 0 aliphatic carbocycles. The van der Waals surface area contributed by atoms with Crippen LogP contribution >= 0.6 is 0 Å². The fourth-order valence-corrected chi connectivity index (χ4v) is 0.660. The summed E-state index contributed by atoms with van der Waals surface area (Å²) in [7, 11) is 0. The van der Waals surface area contributed by atoms with Gasteiger partial charge in [-0.25, -0.2) is 4.39 Å². The van der Waals surface area contributed by atoms with Gasteiger partial charge in [-0.3, -0.25) is 9.69 Å². The fourth-order valence-electron chi connectivity index (χ4n) is 0.660. The van der Waals surface area contributed by atoms with Gasteiger partial charge in [-0.2, -0.15) is 0 Å². The van der Waals surface area contributed by atoms with Crippen LogP contribution in [-0.4, -0.2) is 42.3 Å². The molecule has 0 rings (SSSR count). The van der Waals surface area contributed by atoms with E-state index in [9.17, 15) is 9.18 Å². The molecule has 0 aromatic heterocycles. The van der Waals surface area contributed by atoms with E-state index >= 15 is 0 Å². The first-order chi connectivity index (χ1) is 4.70. The van der Waals surface area contributed by atoms with Crippen molar-refractivity contribution in [3.63, 3.8) is 0 Å². The third-order valence-electron chi connectivity index (χ3n) is 1.21. The van der Waals surface area contributed by atoms with Gasteiger partial charge in [0.2, 0.25) is 0 Å². The molecule has 0 spiro atoms. The highest BCUT2D eigenvalue weighted by molar-refractivity contribution is 5.69. The molecule has 0 aromatic rings. The smallest absolute Gasteiger partial charge is 0.317 e. The monoisotopic (exact) mass is 149 g/mol. The van der Waals surface area contributed by atoms with Gasteiger partial charge in [0.15, 0.2) is 0 Å². The minimum atomic E-state index is -0.907. The van der Waals surface area contributed by atoms with Crippen LogP contribution in [-0.2, 0) is 4.79 Å². The van der Waals surface area contributed by atoms with E-state index in [0.29, 0.717) is 6.54 Å². The number of alkyl halides is 1. The van der Waals surface area contributed by atoms with Crippen molar-refractivity contribution in [2.75, 3.05) is 26.3 Å². The van der Waals surface area contributed by atoms with E-state index in [1.165, 1.54) is 4.90 Å². The van der Waals surface area contributed by atoms with Gasteiger partial charge in [-0.1, -0.05) is 6.92 Å². The van der Waals surface area contributed by atoms with Crippen molar-refractivity contribution in [3.8, 4) is 0 Å². The number of aliphatic carboxylic acids is 1. The second-order valence-corrected chi connectivity index (χ2v) is 1.95. The normalized spacial score (nSPS) is 10.3. The Morgan fingerprint density at radius 2 is 2.30 bits per heavy atom. The van der Waals surface area contributed by atoms with Crippen LogP contribution in [0.3, 0.4) is 0 Å². The van der Waals surface area contributed by atoms with E-state index < -0.39 is 12.6 Å². The molecule has 0 unspecified atom stereocenters. The Morgan fingerprint density at radius 3 is 2.60 bits per heavy atom. The summed E-state index contributed by atoms with van der Waals surface area (Å²) in [6.45, 7) is 2.04. The van der Waals surface area contributed by atoms with Crippen molar-refractivity contribution < 1.29 is 14.3 Å². The maximum Gasteiger partial charge on any atom is 0.317 e. The highest BCUT2D eigenvalue weighted by Crippen LogP contribution is 1.86. The summed E-state index contributed by atoms with van der Waals surface area (Å²) in [4.78, 5) is 11.6. The molecule has 10 heavy (non-hydrogen) atoms. The first kappa shape index (κ1) is 9.36. The summed E-state index contributed by atoms with van der Waals surface area (Å²) in [5.41, 5.74) is 0. The molecular weight excluding hydrogens is 137 g/mol. The average Bonchev–Trinajstić information content (AvgIpc) is 1.86. The van der Waals surface area contributed by atoms with Gasteiger partial charge in [-0.15, -0.1) is 0 Å². The highest BCUT2D eigenvalue weighted by Gasteiger charge is 2.05. The number of likely N-dealkylation sites (N-methyl/N-ethyl adjacent to an activating group) is 1. The summed E-state index contributed by atoms with van der Waals surface area (Å²) in [5.74, 6) is -0.907. The van der Waals surface area contributed by atoms with E-state index in [-0.39, 0.29) is 13.1 Å². The lowest BCUT2D eigenvalue weighted by Crippen LogP contribution is -2.31. The number of carboxylic acids is 1. The van der Waals surface area contributed by atoms with Crippen LogP contribution in [0.15, 0.2) is 0 Å². The second kappa shape index (κ2) is 5.17. The van der Waals surface area contributed by atoms with Crippen LogP contribution in [0, 0.1) is 0 Å². The zero-order valence-corrected chi connectivity index (χ0v) is 6.01. The Hall–Kier alpha value is -0.640. The molecule has 0 saturated heterocycles. The van der Waals surface area contributed by atoms with Gasteiger partial charge >= 0.3 is 5.97 Å². The zero-order chi connectivity index (χ0) is 7.98. The predicted octanol–water partition coefficient (Wildman–Crippen LogP) is 0.362. The van der Waals surface area contributed by atoms with E-state index in [1.807, 2.05) is 0 Å². The summed E-state index contributed by atoms with van der Waals surface area (Å²) in [6, 6.07) is 0. The maximum atomic E-state index is 11.6. The number of hydrogen-bond donors (Lipinski definition) is 1. The van der Waals surface area contributed by atoms with Gasteiger partial charge in [0.25, 0.3) is 0 Å². The Balaban J connectivity index is 3.49. The summed E-state index contributed by atoms with van der Waals surface area (Å²) >= 11 is 0. The average molecular weight is 149 g/mol. The van der Waals surface area contributed by atoms with Crippen LogP contribution in [0.1, 0.15) is 6.92 Å². The minimum Gasteiger partial charge on any atom is -0.480 e. The molecule has 0 aliphatic rings. The van der Waals surface area contributed by atoms with Crippen LogP contribution in [0.5, 0.6) is 0 Å². The largest absolute Gasteiger partial charge is 0.480 e. The Labute approximate surface area is 59.4 Å². The SMILES string of the molecule is CCN(CCF)CC(=O)O. The zero-order valence-electron chi connectivity index (χ0n) is 6.01. The lowest BCUT2D eigenvalue weighted by molar-refractivity contribution is -0.138. The third kappa shape index (κ3) is 4.26. The lowest BCUT2D eigenvalue weighted by Gasteiger charge is -2.14. The predicted molar refractivity (Wildman–Crippen MR) is 35.7 cm³/mol. The second-order valence-electron chi connectivity index (χ2n) is 1.95. The number of nitrogens with zero attached hydrogens (tertiary/aromatic N) is 1. The molecule has 1 N–H and O–H groups in total. The molecule has 0 amide bonds. The Kier molecular flexibility index (Phi) is 4.84. The third-order valence-corrected chi connectivity index (χ3v) is 1.21. The van der Waals surface area contributed by atoms with E-state index in [0.717, 1.165) is 0 Å². The Morgan fingerprint density at radius 1 is 1.70 bits per heavy atom. The molecule has 0 fully saturated rings. The number of hydrogen-bond acceptors (Lipinski definition) is 2. The number of halogens is 1. The standard InChI is InChI=1S/C6H12FNO2/c1-2-8(4-3-7)5-6(9)10/h2-5H2,1H3,(H,9,10).